The zero-order valence-electron chi connectivity index (χ0n) is 13.5. The lowest BCUT2D eigenvalue weighted by Crippen LogP contribution is -2.53. The fourth-order valence-electron chi connectivity index (χ4n) is 2.93. The normalized spacial score (nSPS) is 13.4. The lowest BCUT2D eigenvalue weighted by atomic mass is 9.84. The fraction of sp³-hybridized carbons (Fsp3) is 0.647. The summed E-state index contributed by atoms with van der Waals surface area (Å²) in [6, 6.07) is 5.95. The van der Waals surface area contributed by atoms with E-state index in [1.165, 1.54) is 0 Å². The number of ether oxygens (including phenoxy) is 1. The van der Waals surface area contributed by atoms with Gasteiger partial charge < -0.3 is 10.1 Å². The van der Waals surface area contributed by atoms with E-state index in [2.05, 4.69) is 33.0 Å². The quantitative estimate of drug-likeness (QED) is 0.678. The molecule has 1 unspecified atom stereocenters. The average Bonchev–Trinajstić information content (AvgIpc) is 2.47. The maximum atomic E-state index is 6.33. The third-order valence-corrected chi connectivity index (χ3v) is 4.74. The van der Waals surface area contributed by atoms with Crippen LogP contribution < -0.4 is 5.32 Å². The van der Waals surface area contributed by atoms with E-state index in [9.17, 15) is 0 Å². The van der Waals surface area contributed by atoms with Gasteiger partial charge in [0, 0.05) is 22.7 Å². The van der Waals surface area contributed by atoms with Crippen LogP contribution in [0.5, 0.6) is 0 Å². The molecule has 0 aliphatic rings. The molecule has 4 heteroatoms. The third-order valence-electron chi connectivity index (χ3n) is 4.15. The summed E-state index contributed by atoms with van der Waals surface area (Å²) in [5, 5.41) is 4.98. The van der Waals surface area contributed by atoms with Crippen molar-refractivity contribution in [3.8, 4) is 0 Å². The van der Waals surface area contributed by atoms with Crippen LogP contribution in [0, 0.1) is 0 Å². The molecule has 21 heavy (non-hydrogen) atoms. The van der Waals surface area contributed by atoms with Crippen LogP contribution >= 0.6 is 23.2 Å². The third kappa shape index (κ3) is 4.85. The highest BCUT2D eigenvalue weighted by Crippen LogP contribution is 2.30. The van der Waals surface area contributed by atoms with E-state index >= 15 is 0 Å². The van der Waals surface area contributed by atoms with Crippen LogP contribution in [0.3, 0.4) is 0 Å². The van der Waals surface area contributed by atoms with Crippen molar-refractivity contribution in [3.63, 3.8) is 0 Å². The molecule has 1 aromatic rings. The van der Waals surface area contributed by atoms with Gasteiger partial charge in [-0.3, -0.25) is 0 Å². The smallest absolute Gasteiger partial charge is 0.0832 e. The van der Waals surface area contributed by atoms with Gasteiger partial charge in [-0.15, -0.1) is 0 Å². The van der Waals surface area contributed by atoms with Crippen molar-refractivity contribution in [2.45, 2.75) is 58.6 Å². The van der Waals surface area contributed by atoms with Gasteiger partial charge in [0.15, 0.2) is 0 Å². The second-order valence-electron chi connectivity index (χ2n) is 5.26. The summed E-state index contributed by atoms with van der Waals surface area (Å²) >= 11 is 12.3. The zero-order valence-corrected chi connectivity index (χ0v) is 15.0. The lowest BCUT2D eigenvalue weighted by Gasteiger charge is -2.40. The molecule has 0 saturated carbocycles. The van der Waals surface area contributed by atoms with E-state index in [4.69, 9.17) is 27.9 Å². The maximum absolute atomic E-state index is 6.33. The fourth-order valence-corrected chi connectivity index (χ4v) is 3.42. The molecule has 0 aliphatic heterocycles. The molecule has 0 saturated heterocycles. The number of nitrogens with one attached hydrogen (secondary N) is 1. The van der Waals surface area contributed by atoms with Gasteiger partial charge in [0.2, 0.25) is 0 Å². The maximum Gasteiger partial charge on any atom is 0.0832 e. The first kappa shape index (κ1) is 18.8. The Morgan fingerprint density at radius 3 is 2.29 bits per heavy atom. The second-order valence-corrected chi connectivity index (χ2v) is 6.10. The molecule has 0 heterocycles. The molecule has 2 nitrogen and oxygen atoms in total. The predicted octanol–water partition coefficient (Wildman–Crippen LogP) is 5.11. The van der Waals surface area contributed by atoms with E-state index in [0.717, 1.165) is 43.0 Å². The summed E-state index contributed by atoms with van der Waals surface area (Å²) in [5.74, 6) is 0. The van der Waals surface area contributed by atoms with Crippen LogP contribution in [0.4, 0.5) is 0 Å². The van der Waals surface area contributed by atoms with Gasteiger partial charge in [0.05, 0.1) is 5.60 Å². The van der Waals surface area contributed by atoms with Gasteiger partial charge in [-0.05, 0) is 50.4 Å². The monoisotopic (exact) mass is 331 g/mol. The molecule has 0 aliphatic carbocycles. The summed E-state index contributed by atoms with van der Waals surface area (Å²) in [4.78, 5) is 0. The SMILES string of the molecule is CCNC(Cc1ccc(Cl)cc1Cl)C(CC)(CC)OCC. The van der Waals surface area contributed by atoms with Gasteiger partial charge in [-0.25, -0.2) is 0 Å². The van der Waals surface area contributed by atoms with Crippen molar-refractivity contribution in [3.05, 3.63) is 33.8 Å². The Morgan fingerprint density at radius 1 is 1.14 bits per heavy atom. The molecule has 1 rings (SSSR count). The first-order chi connectivity index (χ1) is 10.0. The zero-order chi connectivity index (χ0) is 15.9. The first-order valence-corrected chi connectivity index (χ1v) is 8.59. The summed E-state index contributed by atoms with van der Waals surface area (Å²) in [7, 11) is 0. The van der Waals surface area contributed by atoms with Crippen LogP contribution in [-0.2, 0) is 11.2 Å². The van der Waals surface area contributed by atoms with Crippen LogP contribution in [-0.4, -0.2) is 24.8 Å². The molecule has 0 radical (unpaired) electrons. The van der Waals surface area contributed by atoms with Crippen LogP contribution in [0.25, 0.3) is 0 Å². The molecule has 0 fully saturated rings. The van der Waals surface area contributed by atoms with Crippen molar-refractivity contribution < 1.29 is 4.74 Å². The molecule has 1 atom stereocenters. The van der Waals surface area contributed by atoms with Crippen molar-refractivity contribution in [1.82, 2.24) is 5.32 Å². The minimum absolute atomic E-state index is 0.159. The number of hydrogen-bond acceptors (Lipinski definition) is 2. The van der Waals surface area contributed by atoms with Gasteiger partial charge in [-0.1, -0.05) is 50.0 Å². The molecule has 1 aromatic carbocycles. The summed E-state index contributed by atoms with van der Waals surface area (Å²) < 4.78 is 6.15. The topological polar surface area (TPSA) is 21.3 Å². The van der Waals surface area contributed by atoms with Crippen molar-refractivity contribution in [2.75, 3.05) is 13.2 Å². The van der Waals surface area contributed by atoms with Crippen molar-refractivity contribution in [1.29, 1.82) is 0 Å². The van der Waals surface area contributed by atoms with Gasteiger partial charge in [0.1, 0.15) is 0 Å². The number of hydrogen-bond donors (Lipinski definition) is 1. The van der Waals surface area contributed by atoms with E-state index in [1.54, 1.807) is 0 Å². The van der Waals surface area contributed by atoms with E-state index in [1.807, 2.05) is 18.2 Å². The number of likely N-dealkylation sites (N-methyl/N-ethyl adjacent to an activating group) is 1. The van der Waals surface area contributed by atoms with Crippen LogP contribution in [0.1, 0.15) is 46.1 Å². The predicted molar refractivity (Wildman–Crippen MR) is 92.6 cm³/mol. The average molecular weight is 332 g/mol. The summed E-state index contributed by atoms with van der Waals surface area (Å²) in [6.07, 6.45) is 2.78. The Bertz CT molecular complexity index is 433. The summed E-state index contributed by atoms with van der Waals surface area (Å²) in [5.41, 5.74) is 0.950. The number of halogens is 2. The first-order valence-electron chi connectivity index (χ1n) is 7.84. The second kappa shape index (κ2) is 8.99. The largest absolute Gasteiger partial charge is 0.374 e. The minimum atomic E-state index is -0.159. The molecular weight excluding hydrogens is 305 g/mol. The Labute approximate surface area is 139 Å². The molecule has 120 valence electrons. The number of benzene rings is 1. The molecular formula is C17H27Cl2NO. The van der Waals surface area contributed by atoms with Crippen molar-refractivity contribution >= 4 is 23.2 Å². The molecule has 1 N–H and O–H groups in total. The number of rotatable bonds is 9. The standard InChI is InChI=1S/C17H27Cl2NO/c1-5-17(6-2,21-8-4)16(20-7-3)11-13-9-10-14(18)12-15(13)19/h9-10,12,16,20H,5-8,11H2,1-4H3. The Hall–Kier alpha value is -0.280. The van der Waals surface area contributed by atoms with Crippen LogP contribution in [0.15, 0.2) is 18.2 Å². The lowest BCUT2D eigenvalue weighted by molar-refractivity contribution is -0.0715. The molecule has 0 amide bonds. The van der Waals surface area contributed by atoms with E-state index in [0.29, 0.717) is 5.02 Å². The van der Waals surface area contributed by atoms with Gasteiger partial charge in [-0.2, -0.15) is 0 Å². The highest BCUT2D eigenvalue weighted by Gasteiger charge is 2.36. The molecule has 0 spiro atoms. The minimum Gasteiger partial charge on any atom is -0.374 e. The van der Waals surface area contributed by atoms with Gasteiger partial charge in [0.25, 0.3) is 0 Å². The molecule has 0 aromatic heterocycles. The Balaban J connectivity index is 3.04. The molecule has 0 bridgehead atoms. The Morgan fingerprint density at radius 2 is 1.81 bits per heavy atom. The van der Waals surface area contributed by atoms with E-state index in [-0.39, 0.29) is 11.6 Å². The van der Waals surface area contributed by atoms with Crippen molar-refractivity contribution in [2.24, 2.45) is 0 Å². The van der Waals surface area contributed by atoms with E-state index < -0.39 is 0 Å². The highest BCUT2D eigenvalue weighted by atomic mass is 35.5. The van der Waals surface area contributed by atoms with Crippen LogP contribution in [0.2, 0.25) is 10.0 Å². The summed E-state index contributed by atoms with van der Waals surface area (Å²) in [6.45, 7) is 10.2. The Kier molecular flexibility index (Phi) is 8.04. The highest BCUT2D eigenvalue weighted by molar-refractivity contribution is 6.35. The van der Waals surface area contributed by atoms with Gasteiger partial charge >= 0.3 is 0 Å².